The van der Waals surface area contributed by atoms with Gasteiger partial charge in [-0.15, -0.1) is 5.10 Å². The van der Waals surface area contributed by atoms with Gasteiger partial charge in [-0.05, 0) is 26.2 Å². The first-order valence-corrected chi connectivity index (χ1v) is 6.26. The Bertz CT molecular complexity index is 361. The number of nitrogens with zero attached hydrogens (tertiary/aromatic N) is 3. The summed E-state index contributed by atoms with van der Waals surface area (Å²) in [6.07, 6.45) is 1.86. The van der Waals surface area contributed by atoms with Gasteiger partial charge in [0.05, 0.1) is 25.0 Å². The molecule has 0 radical (unpaired) electrons. The highest BCUT2D eigenvalue weighted by atomic mass is 16.5. The molecule has 1 aromatic rings. The topological polar surface area (TPSA) is 49.2 Å². The molecule has 1 rings (SSSR count). The van der Waals surface area contributed by atoms with Crippen LogP contribution < -0.4 is 0 Å². The van der Waals surface area contributed by atoms with Crippen LogP contribution in [-0.2, 0) is 22.8 Å². The fourth-order valence-electron chi connectivity index (χ4n) is 1.20. The zero-order valence-electron chi connectivity index (χ0n) is 12.4. The van der Waals surface area contributed by atoms with Crippen LogP contribution in [-0.4, -0.2) is 27.2 Å². The highest BCUT2D eigenvalue weighted by Crippen LogP contribution is 2.13. The van der Waals surface area contributed by atoms with E-state index in [1.54, 1.807) is 4.68 Å². The summed E-state index contributed by atoms with van der Waals surface area (Å²) < 4.78 is 12.9. The average Bonchev–Trinajstić information content (AvgIpc) is 2.60. The minimum atomic E-state index is -0.160. The Balaban J connectivity index is 2.35. The SMILES string of the molecule is CC(C)(C)COCn1cc(COC(C)(C)C)nn1. The van der Waals surface area contributed by atoms with Crippen LogP contribution in [0.1, 0.15) is 47.2 Å². The fourth-order valence-corrected chi connectivity index (χ4v) is 1.20. The lowest BCUT2D eigenvalue weighted by molar-refractivity contribution is -0.0166. The second-order valence-corrected chi connectivity index (χ2v) is 6.69. The monoisotopic (exact) mass is 255 g/mol. The predicted octanol–water partition coefficient (Wildman–Crippen LogP) is 2.61. The first-order valence-electron chi connectivity index (χ1n) is 6.26. The number of rotatable bonds is 5. The van der Waals surface area contributed by atoms with Crippen molar-refractivity contribution in [1.29, 1.82) is 0 Å². The Morgan fingerprint density at radius 3 is 2.39 bits per heavy atom. The highest BCUT2D eigenvalue weighted by Gasteiger charge is 2.12. The molecule has 0 aromatic carbocycles. The molecule has 0 amide bonds. The van der Waals surface area contributed by atoms with Crippen molar-refractivity contribution >= 4 is 0 Å². The van der Waals surface area contributed by atoms with Gasteiger partial charge < -0.3 is 9.47 Å². The minimum absolute atomic E-state index is 0.160. The van der Waals surface area contributed by atoms with Crippen molar-refractivity contribution < 1.29 is 9.47 Å². The maximum Gasteiger partial charge on any atom is 0.141 e. The van der Waals surface area contributed by atoms with Crippen LogP contribution in [0.3, 0.4) is 0 Å². The van der Waals surface area contributed by atoms with Gasteiger partial charge >= 0.3 is 0 Å². The van der Waals surface area contributed by atoms with Crippen LogP contribution in [0.5, 0.6) is 0 Å². The lowest BCUT2D eigenvalue weighted by Gasteiger charge is -2.18. The molecule has 1 heterocycles. The summed E-state index contributed by atoms with van der Waals surface area (Å²) in [5, 5.41) is 8.04. The van der Waals surface area contributed by atoms with Crippen molar-refractivity contribution in [1.82, 2.24) is 15.0 Å². The van der Waals surface area contributed by atoms with E-state index in [1.807, 2.05) is 27.0 Å². The van der Waals surface area contributed by atoms with E-state index in [4.69, 9.17) is 9.47 Å². The molecule has 5 heteroatoms. The summed E-state index contributed by atoms with van der Waals surface area (Å²) in [6, 6.07) is 0. The number of ether oxygens (including phenoxy) is 2. The molecule has 0 spiro atoms. The maximum atomic E-state index is 5.63. The van der Waals surface area contributed by atoms with Crippen molar-refractivity contribution in [2.24, 2.45) is 5.41 Å². The molecule has 0 saturated heterocycles. The maximum absolute atomic E-state index is 5.63. The van der Waals surface area contributed by atoms with Crippen LogP contribution in [0.15, 0.2) is 6.20 Å². The van der Waals surface area contributed by atoms with Gasteiger partial charge in [0.1, 0.15) is 12.4 Å². The Labute approximate surface area is 109 Å². The van der Waals surface area contributed by atoms with E-state index >= 15 is 0 Å². The Morgan fingerprint density at radius 1 is 1.17 bits per heavy atom. The molecule has 104 valence electrons. The lowest BCUT2D eigenvalue weighted by Crippen LogP contribution is -2.18. The van der Waals surface area contributed by atoms with Gasteiger partial charge in [-0.2, -0.15) is 0 Å². The van der Waals surface area contributed by atoms with Gasteiger partial charge in [0.25, 0.3) is 0 Å². The van der Waals surface area contributed by atoms with Crippen LogP contribution in [0.25, 0.3) is 0 Å². The molecular formula is C13H25N3O2. The molecule has 0 atom stereocenters. The third-order valence-corrected chi connectivity index (χ3v) is 2.00. The van der Waals surface area contributed by atoms with Crippen molar-refractivity contribution in [3.8, 4) is 0 Å². The van der Waals surface area contributed by atoms with Gasteiger partial charge in [0.2, 0.25) is 0 Å². The van der Waals surface area contributed by atoms with Gasteiger partial charge in [-0.25, -0.2) is 4.68 Å². The first kappa shape index (κ1) is 15.1. The van der Waals surface area contributed by atoms with Gasteiger partial charge in [-0.1, -0.05) is 26.0 Å². The number of hydrogen-bond acceptors (Lipinski definition) is 4. The van der Waals surface area contributed by atoms with E-state index < -0.39 is 0 Å². The van der Waals surface area contributed by atoms with Crippen LogP contribution in [0.2, 0.25) is 0 Å². The largest absolute Gasteiger partial charge is 0.369 e. The second-order valence-electron chi connectivity index (χ2n) is 6.69. The van der Waals surface area contributed by atoms with Crippen molar-refractivity contribution in [2.75, 3.05) is 6.61 Å². The normalized spacial score (nSPS) is 13.0. The van der Waals surface area contributed by atoms with E-state index in [9.17, 15) is 0 Å². The highest BCUT2D eigenvalue weighted by molar-refractivity contribution is 4.89. The zero-order chi connectivity index (χ0) is 13.8. The second kappa shape index (κ2) is 5.80. The van der Waals surface area contributed by atoms with Gasteiger partial charge in [0, 0.05) is 0 Å². The Hall–Kier alpha value is -0.940. The molecule has 0 fully saturated rings. The van der Waals surface area contributed by atoms with Crippen molar-refractivity contribution in [3.63, 3.8) is 0 Å². The molecule has 0 aliphatic heterocycles. The molecule has 5 nitrogen and oxygen atoms in total. The number of aromatic nitrogens is 3. The van der Waals surface area contributed by atoms with E-state index in [0.29, 0.717) is 19.9 Å². The van der Waals surface area contributed by atoms with E-state index in [2.05, 4.69) is 31.1 Å². The van der Waals surface area contributed by atoms with Crippen LogP contribution >= 0.6 is 0 Å². The fraction of sp³-hybridized carbons (Fsp3) is 0.846. The first-order chi connectivity index (χ1) is 8.16. The van der Waals surface area contributed by atoms with Crippen molar-refractivity contribution in [2.45, 2.75) is 60.5 Å². The lowest BCUT2D eigenvalue weighted by atomic mass is 9.99. The molecule has 0 saturated carbocycles. The summed E-state index contributed by atoms with van der Waals surface area (Å²) >= 11 is 0. The predicted molar refractivity (Wildman–Crippen MR) is 70.0 cm³/mol. The smallest absolute Gasteiger partial charge is 0.141 e. The van der Waals surface area contributed by atoms with Crippen LogP contribution in [0.4, 0.5) is 0 Å². The van der Waals surface area contributed by atoms with Gasteiger partial charge in [-0.3, -0.25) is 0 Å². The third kappa shape index (κ3) is 6.71. The Morgan fingerprint density at radius 2 is 1.83 bits per heavy atom. The summed E-state index contributed by atoms with van der Waals surface area (Å²) in [5.74, 6) is 0. The van der Waals surface area contributed by atoms with E-state index in [0.717, 1.165) is 5.69 Å². The molecule has 0 unspecified atom stereocenters. The Kier molecular flexibility index (Phi) is 4.87. The van der Waals surface area contributed by atoms with Crippen LogP contribution in [0, 0.1) is 5.41 Å². The summed E-state index contributed by atoms with van der Waals surface area (Å²) in [6.45, 7) is 14.1. The van der Waals surface area contributed by atoms with Gasteiger partial charge in [0.15, 0.2) is 0 Å². The summed E-state index contributed by atoms with van der Waals surface area (Å²) in [5.41, 5.74) is 0.829. The zero-order valence-corrected chi connectivity index (χ0v) is 12.4. The molecule has 0 aliphatic rings. The molecule has 18 heavy (non-hydrogen) atoms. The van der Waals surface area contributed by atoms with E-state index in [-0.39, 0.29) is 11.0 Å². The average molecular weight is 255 g/mol. The molecule has 0 N–H and O–H groups in total. The quantitative estimate of drug-likeness (QED) is 0.811. The molecule has 0 aliphatic carbocycles. The molecule has 0 bridgehead atoms. The minimum Gasteiger partial charge on any atom is -0.369 e. The standard InChI is InChI=1S/C13H25N3O2/c1-12(2,3)9-17-10-16-7-11(14-15-16)8-18-13(4,5)6/h7H,8-10H2,1-6H3. The number of hydrogen-bond donors (Lipinski definition) is 0. The molecular weight excluding hydrogens is 230 g/mol. The molecule has 1 aromatic heterocycles. The van der Waals surface area contributed by atoms with E-state index in [1.165, 1.54) is 0 Å². The van der Waals surface area contributed by atoms with Crippen molar-refractivity contribution in [3.05, 3.63) is 11.9 Å². The third-order valence-electron chi connectivity index (χ3n) is 2.00. The summed E-state index contributed by atoms with van der Waals surface area (Å²) in [7, 11) is 0. The summed E-state index contributed by atoms with van der Waals surface area (Å²) in [4.78, 5) is 0.